The van der Waals surface area contributed by atoms with Crippen LogP contribution in [-0.2, 0) is 6.42 Å². The molecule has 0 amide bonds. The van der Waals surface area contributed by atoms with Crippen molar-refractivity contribution in [2.24, 2.45) is 0 Å². The molecular formula is C17H18N2O. The molecule has 1 heterocycles. The summed E-state index contributed by atoms with van der Waals surface area (Å²) >= 11 is 0. The molecule has 0 radical (unpaired) electrons. The first-order valence-electron chi connectivity index (χ1n) is 6.85. The Morgan fingerprint density at radius 2 is 1.95 bits per heavy atom. The molecule has 0 saturated heterocycles. The summed E-state index contributed by atoms with van der Waals surface area (Å²) in [6.07, 6.45) is 0.995. The molecule has 0 saturated carbocycles. The molecular weight excluding hydrogens is 248 g/mol. The molecule has 0 fully saturated rings. The van der Waals surface area contributed by atoms with Crippen molar-refractivity contribution in [1.82, 2.24) is 4.98 Å². The van der Waals surface area contributed by atoms with Gasteiger partial charge in [0.25, 0.3) is 0 Å². The number of hydrogen-bond acceptors (Lipinski definition) is 3. The summed E-state index contributed by atoms with van der Waals surface area (Å²) in [6.45, 7) is 6.25. The number of benzene rings is 2. The van der Waals surface area contributed by atoms with Crippen molar-refractivity contribution in [3.8, 4) is 11.5 Å². The van der Waals surface area contributed by atoms with E-state index in [0.29, 0.717) is 5.89 Å². The molecule has 102 valence electrons. The van der Waals surface area contributed by atoms with Crippen molar-refractivity contribution in [2.45, 2.75) is 27.2 Å². The van der Waals surface area contributed by atoms with Gasteiger partial charge in [0.1, 0.15) is 5.52 Å². The Morgan fingerprint density at radius 3 is 2.70 bits per heavy atom. The van der Waals surface area contributed by atoms with Crippen LogP contribution in [0.2, 0.25) is 0 Å². The number of hydrogen-bond donors (Lipinski definition) is 1. The second-order valence-corrected chi connectivity index (χ2v) is 5.19. The van der Waals surface area contributed by atoms with E-state index in [0.717, 1.165) is 39.9 Å². The fourth-order valence-electron chi connectivity index (χ4n) is 2.42. The van der Waals surface area contributed by atoms with Crippen molar-refractivity contribution in [3.63, 3.8) is 0 Å². The number of anilines is 1. The molecule has 0 atom stereocenters. The molecule has 2 aromatic carbocycles. The Bertz CT molecular complexity index is 787. The molecule has 2 N–H and O–H groups in total. The third-order valence-electron chi connectivity index (χ3n) is 3.78. The summed E-state index contributed by atoms with van der Waals surface area (Å²) in [4.78, 5) is 4.61. The van der Waals surface area contributed by atoms with E-state index in [1.54, 1.807) is 0 Å². The van der Waals surface area contributed by atoms with Gasteiger partial charge in [0.05, 0.1) is 0 Å². The van der Waals surface area contributed by atoms with Gasteiger partial charge in [0, 0.05) is 11.3 Å². The topological polar surface area (TPSA) is 52.0 Å². The van der Waals surface area contributed by atoms with Crippen LogP contribution in [0.25, 0.3) is 22.6 Å². The van der Waals surface area contributed by atoms with Gasteiger partial charge < -0.3 is 10.2 Å². The van der Waals surface area contributed by atoms with Gasteiger partial charge in [-0.05, 0) is 61.2 Å². The molecule has 3 nitrogen and oxygen atoms in total. The van der Waals surface area contributed by atoms with Gasteiger partial charge in [-0.3, -0.25) is 0 Å². The van der Waals surface area contributed by atoms with Crippen molar-refractivity contribution in [1.29, 1.82) is 0 Å². The van der Waals surface area contributed by atoms with Gasteiger partial charge in [-0.15, -0.1) is 0 Å². The van der Waals surface area contributed by atoms with Gasteiger partial charge in [0.15, 0.2) is 5.58 Å². The van der Waals surface area contributed by atoms with E-state index in [-0.39, 0.29) is 0 Å². The number of oxazole rings is 1. The zero-order valence-electron chi connectivity index (χ0n) is 12.0. The van der Waals surface area contributed by atoms with E-state index in [9.17, 15) is 0 Å². The standard InChI is InChI=1S/C17H18N2O/c1-4-12-5-6-16-15(8-12)19-17(20-16)14-9-13(18)7-10(2)11(14)3/h5-9H,4,18H2,1-3H3. The van der Waals surface area contributed by atoms with Gasteiger partial charge in [-0.1, -0.05) is 13.0 Å². The lowest BCUT2D eigenvalue weighted by Crippen LogP contribution is -1.92. The van der Waals surface area contributed by atoms with Crippen LogP contribution in [-0.4, -0.2) is 4.98 Å². The summed E-state index contributed by atoms with van der Waals surface area (Å²) in [6, 6.07) is 10.0. The van der Waals surface area contributed by atoms with Crippen LogP contribution in [0.4, 0.5) is 5.69 Å². The second-order valence-electron chi connectivity index (χ2n) is 5.19. The van der Waals surface area contributed by atoms with Crippen LogP contribution in [0.15, 0.2) is 34.7 Å². The third-order valence-corrected chi connectivity index (χ3v) is 3.78. The molecule has 0 aliphatic rings. The Balaban J connectivity index is 2.20. The Labute approximate surface area is 118 Å². The molecule has 1 aromatic heterocycles. The predicted molar refractivity (Wildman–Crippen MR) is 82.7 cm³/mol. The van der Waals surface area contributed by atoms with E-state index in [2.05, 4.69) is 31.0 Å². The highest BCUT2D eigenvalue weighted by atomic mass is 16.3. The lowest BCUT2D eigenvalue weighted by atomic mass is 10.0. The molecule has 0 bridgehead atoms. The van der Waals surface area contributed by atoms with Gasteiger partial charge in [-0.25, -0.2) is 4.98 Å². The maximum atomic E-state index is 5.94. The molecule has 3 rings (SSSR count). The Morgan fingerprint density at radius 1 is 1.15 bits per heavy atom. The molecule has 3 heteroatoms. The number of nitrogens with zero attached hydrogens (tertiary/aromatic N) is 1. The first-order chi connectivity index (χ1) is 9.58. The fraction of sp³-hybridized carbons (Fsp3) is 0.235. The molecule has 0 unspecified atom stereocenters. The average molecular weight is 266 g/mol. The maximum Gasteiger partial charge on any atom is 0.227 e. The number of nitrogen functional groups attached to an aromatic ring is 1. The SMILES string of the molecule is CCc1ccc2oc(-c3cc(N)cc(C)c3C)nc2c1. The first-order valence-corrected chi connectivity index (χ1v) is 6.85. The molecule has 3 aromatic rings. The summed E-state index contributed by atoms with van der Waals surface area (Å²) in [5.41, 5.74) is 12.9. The van der Waals surface area contributed by atoms with Crippen LogP contribution in [0, 0.1) is 13.8 Å². The smallest absolute Gasteiger partial charge is 0.227 e. The number of aromatic nitrogens is 1. The van der Waals surface area contributed by atoms with Crippen molar-refractivity contribution < 1.29 is 4.42 Å². The predicted octanol–water partition coefficient (Wildman–Crippen LogP) is 4.26. The summed E-state index contributed by atoms with van der Waals surface area (Å²) in [7, 11) is 0. The largest absolute Gasteiger partial charge is 0.436 e. The monoisotopic (exact) mass is 266 g/mol. The summed E-state index contributed by atoms with van der Waals surface area (Å²) in [5.74, 6) is 0.640. The Hall–Kier alpha value is -2.29. The van der Waals surface area contributed by atoms with E-state index in [4.69, 9.17) is 10.2 Å². The highest BCUT2D eigenvalue weighted by molar-refractivity contribution is 5.78. The van der Waals surface area contributed by atoms with Crippen molar-refractivity contribution >= 4 is 16.8 Å². The minimum Gasteiger partial charge on any atom is -0.436 e. The highest BCUT2D eigenvalue weighted by Gasteiger charge is 2.13. The third kappa shape index (κ3) is 2.05. The molecule has 20 heavy (non-hydrogen) atoms. The van der Waals surface area contributed by atoms with E-state index in [1.807, 2.05) is 25.1 Å². The van der Waals surface area contributed by atoms with Gasteiger partial charge in [0.2, 0.25) is 5.89 Å². The van der Waals surface area contributed by atoms with Gasteiger partial charge in [-0.2, -0.15) is 0 Å². The second kappa shape index (κ2) is 4.67. The quantitative estimate of drug-likeness (QED) is 0.705. The van der Waals surface area contributed by atoms with Gasteiger partial charge >= 0.3 is 0 Å². The molecule has 0 aliphatic carbocycles. The number of aryl methyl sites for hydroxylation is 2. The van der Waals surface area contributed by atoms with Crippen LogP contribution in [0.1, 0.15) is 23.6 Å². The first kappa shape index (κ1) is 12.7. The number of nitrogens with two attached hydrogens (primary N) is 1. The molecule has 0 aliphatic heterocycles. The maximum absolute atomic E-state index is 5.94. The van der Waals surface area contributed by atoms with E-state index >= 15 is 0 Å². The van der Waals surface area contributed by atoms with E-state index in [1.165, 1.54) is 5.56 Å². The van der Waals surface area contributed by atoms with Crippen LogP contribution < -0.4 is 5.73 Å². The van der Waals surface area contributed by atoms with Crippen LogP contribution in [0.3, 0.4) is 0 Å². The normalized spacial score (nSPS) is 11.2. The minimum absolute atomic E-state index is 0.640. The highest BCUT2D eigenvalue weighted by Crippen LogP contribution is 2.30. The lowest BCUT2D eigenvalue weighted by molar-refractivity contribution is 0.619. The van der Waals surface area contributed by atoms with E-state index < -0.39 is 0 Å². The average Bonchev–Trinajstić information content (AvgIpc) is 2.85. The minimum atomic E-state index is 0.640. The molecule has 0 spiro atoms. The number of rotatable bonds is 2. The van der Waals surface area contributed by atoms with Crippen molar-refractivity contribution in [3.05, 3.63) is 47.0 Å². The van der Waals surface area contributed by atoms with Crippen LogP contribution >= 0.6 is 0 Å². The zero-order valence-corrected chi connectivity index (χ0v) is 12.0. The Kier molecular flexibility index (Phi) is 2.97. The van der Waals surface area contributed by atoms with Crippen LogP contribution in [0.5, 0.6) is 0 Å². The number of fused-ring (bicyclic) bond motifs is 1. The lowest BCUT2D eigenvalue weighted by Gasteiger charge is -2.06. The fourth-order valence-corrected chi connectivity index (χ4v) is 2.42. The summed E-state index contributed by atoms with van der Waals surface area (Å²) in [5, 5.41) is 0. The van der Waals surface area contributed by atoms with Crippen molar-refractivity contribution in [2.75, 3.05) is 5.73 Å². The zero-order chi connectivity index (χ0) is 14.3. The summed E-state index contributed by atoms with van der Waals surface area (Å²) < 4.78 is 5.88.